The lowest BCUT2D eigenvalue weighted by Gasteiger charge is -2.23. The standard InChI is InChI=1S/C17H29FN2/c1-4-20(17-10-8-16(18)9-11-17)13-7-5-6-12-19-14-15(2)3/h8-11,15,19H,4-7,12-14H2,1-3H3. The Kier molecular flexibility index (Phi) is 8.28. The maximum Gasteiger partial charge on any atom is 0.123 e. The average molecular weight is 280 g/mol. The Morgan fingerprint density at radius 1 is 1.10 bits per heavy atom. The zero-order valence-corrected chi connectivity index (χ0v) is 13.2. The molecule has 114 valence electrons. The van der Waals surface area contributed by atoms with E-state index < -0.39 is 0 Å². The Labute approximate surface area is 123 Å². The first-order chi connectivity index (χ1) is 9.63. The van der Waals surface area contributed by atoms with Gasteiger partial charge in [0.1, 0.15) is 5.82 Å². The third-order valence-corrected chi connectivity index (χ3v) is 3.41. The first-order valence-corrected chi connectivity index (χ1v) is 7.84. The molecule has 0 heterocycles. The predicted molar refractivity (Wildman–Crippen MR) is 85.8 cm³/mol. The van der Waals surface area contributed by atoms with Crippen molar-refractivity contribution in [2.24, 2.45) is 5.92 Å². The number of nitrogens with one attached hydrogen (secondary N) is 1. The van der Waals surface area contributed by atoms with Gasteiger partial charge in [-0.05, 0) is 63.0 Å². The quantitative estimate of drug-likeness (QED) is 0.650. The van der Waals surface area contributed by atoms with Crippen molar-refractivity contribution in [3.8, 4) is 0 Å². The number of hydrogen-bond donors (Lipinski definition) is 1. The Morgan fingerprint density at radius 3 is 2.40 bits per heavy atom. The summed E-state index contributed by atoms with van der Waals surface area (Å²) in [4.78, 5) is 2.31. The van der Waals surface area contributed by atoms with Crippen LogP contribution in [-0.4, -0.2) is 26.2 Å². The van der Waals surface area contributed by atoms with E-state index in [9.17, 15) is 4.39 Å². The number of unbranched alkanes of at least 4 members (excludes halogenated alkanes) is 2. The van der Waals surface area contributed by atoms with Crippen molar-refractivity contribution in [2.75, 3.05) is 31.1 Å². The topological polar surface area (TPSA) is 15.3 Å². The summed E-state index contributed by atoms with van der Waals surface area (Å²) < 4.78 is 12.9. The van der Waals surface area contributed by atoms with Crippen molar-refractivity contribution >= 4 is 5.69 Å². The fraction of sp³-hybridized carbons (Fsp3) is 0.647. The van der Waals surface area contributed by atoms with Crippen molar-refractivity contribution in [3.05, 3.63) is 30.1 Å². The van der Waals surface area contributed by atoms with Gasteiger partial charge in [0, 0.05) is 18.8 Å². The molecule has 0 unspecified atom stereocenters. The van der Waals surface area contributed by atoms with Crippen LogP contribution in [0.2, 0.25) is 0 Å². The van der Waals surface area contributed by atoms with Crippen molar-refractivity contribution in [1.29, 1.82) is 0 Å². The first kappa shape index (κ1) is 17.0. The van der Waals surface area contributed by atoms with Crippen LogP contribution in [0.1, 0.15) is 40.0 Å². The minimum atomic E-state index is -0.166. The molecule has 0 aromatic heterocycles. The van der Waals surface area contributed by atoms with Crippen molar-refractivity contribution in [1.82, 2.24) is 5.32 Å². The second kappa shape index (κ2) is 9.76. The minimum absolute atomic E-state index is 0.166. The van der Waals surface area contributed by atoms with Crippen molar-refractivity contribution in [3.63, 3.8) is 0 Å². The Bertz CT molecular complexity index is 349. The predicted octanol–water partition coefficient (Wildman–Crippen LogP) is 4.07. The maximum absolute atomic E-state index is 12.9. The van der Waals surface area contributed by atoms with Crippen molar-refractivity contribution in [2.45, 2.75) is 40.0 Å². The lowest BCUT2D eigenvalue weighted by Crippen LogP contribution is -2.24. The normalized spacial score (nSPS) is 11.1. The van der Waals surface area contributed by atoms with Crippen molar-refractivity contribution < 1.29 is 4.39 Å². The highest BCUT2D eigenvalue weighted by Crippen LogP contribution is 2.15. The third kappa shape index (κ3) is 6.90. The van der Waals surface area contributed by atoms with Gasteiger partial charge in [0.25, 0.3) is 0 Å². The van der Waals surface area contributed by atoms with Gasteiger partial charge in [0.2, 0.25) is 0 Å². The monoisotopic (exact) mass is 280 g/mol. The summed E-state index contributed by atoms with van der Waals surface area (Å²) in [6, 6.07) is 6.80. The molecule has 0 amide bonds. The van der Waals surface area contributed by atoms with Crippen LogP contribution in [0.15, 0.2) is 24.3 Å². The van der Waals surface area contributed by atoms with E-state index in [1.165, 1.54) is 31.4 Å². The van der Waals surface area contributed by atoms with Crippen LogP contribution in [0.25, 0.3) is 0 Å². The highest BCUT2D eigenvalue weighted by Gasteiger charge is 2.03. The van der Waals surface area contributed by atoms with E-state index in [1.54, 1.807) is 0 Å². The highest BCUT2D eigenvalue weighted by atomic mass is 19.1. The van der Waals surface area contributed by atoms with Gasteiger partial charge >= 0.3 is 0 Å². The molecule has 2 nitrogen and oxygen atoms in total. The number of rotatable bonds is 10. The molecule has 0 bridgehead atoms. The van der Waals surface area contributed by atoms with E-state index >= 15 is 0 Å². The van der Waals surface area contributed by atoms with Gasteiger partial charge in [-0.15, -0.1) is 0 Å². The molecule has 1 N–H and O–H groups in total. The molecule has 1 aromatic rings. The zero-order valence-electron chi connectivity index (χ0n) is 13.2. The molecular formula is C17H29FN2. The number of nitrogens with zero attached hydrogens (tertiary/aromatic N) is 1. The average Bonchev–Trinajstić information content (AvgIpc) is 2.43. The second-order valence-electron chi connectivity index (χ2n) is 5.71. The van der Waals surface area contributed by atoms with Gasteiger partial charge in [-0.3, -0.25) is 0 Å². The fourth-order valence-corrected chi connectivity index (χ4v) is 2.24. The second-order valence-corrected chi connectivity index (χ2v) is 5.71. The Morgan fingerprint density at radius 2 is 1.80 bits per heavy atom. The summed E-state index contributed by atoms with van der Waals surface area (Å²) >= 11 is 0. The Hall–Kier alpha value is -1.09. The van der Waals surface area contributed by atoms with Gasteiger partial charge in [-0.25, -0.2) is 4.39 Å². The molecule has 0 atom stereocenters. The summed E-state index contributed by atoms with van der Waals surface area (Å²) in [6.07, 6.45) is 3.66. The maximum atomic E-state index is 12.9. The van der Waals surface area contributed by atoms with E-state index in [0.717, 1.165) is 37.8 Å². The highest BCUT2D eigenvalue weighted by molar-refractivity contribution is 5.45. The molecule has 0 spiro atoms. The lowest BCUT2D eigenvalue weighted by molar-refractivity contribution is 0.529. The van der Waals surface area contributed by atoms with Crippen LogP contribution < -0.4 is 10.2 Å². The van der Waals surface area contributed by atoms with Gasteiger partial charge in [0.15, 0.2) is 0 Å². The molecule has 0 aliphatic rings. The van der Waals surface area contributed by atoms with Gasteiger partial charge < -0.3 is 10.2 Å². The van der Waals surface area contributed by atoms with Gasteiger partial charge in [0.05, 0.1) is 0 Å². The van der Waals surface area contributed by atoms with E-state index in [0.29, 0.717) is 0 Å². The molecule has 0 aliphatic carbocycles. The van der Waals surface area contributed by atoms with Crippen LogP contribution in [0.3, 0.4) is 0 Å². The smallest absolute Gasteiger partial charge is 0.123 e. The molecule has 0 fully saturated rings. The molecular weight excluding hydrogens is 251 g/mol. The number of hydrogen-bond acceptors (Lipinski definition) is 2. The fourth-order valence-electron chi connectivity index (χ4n) is 2.24. The molecule has 0 aliphatic heterocycles. The molecule has 20 heavy (non-hydrogen) atoms. The largest absolute Gasteiger partial charge is 0.372 e. The van der Waals surface area contributed by atoms with Crippen LogP contribution in [-0.2, 0) is 0 Å². The molecule has 0 saturated carbocycles. The summed E-state index contributed by atoms with van der Waals surface area (Å²) in [5.74, 6) is 0.560. The van der Waals surface area contributed by atoms with E-state index in [1.807, 2.05) is 12.1 Å². The van der Waals surface area contributed by atoms with E-state index in [4.69, 9.17) is 0 Å². The van der Waals surface area contributed by atoms with Crippen LogP contribution in [0.5, 0.6) is 0 Å². The van der Waals surface area contributed by atoms with Gasteiger partial charge in [-0.1, -0.05) is 20.3 Å². The number of benzene rings is 1. The Balaban J connectivity index is 2.17. The molecule has 0 saturated heterocycles. The first-order valence-electron chi connectivity index (χ1n) is 7.84. The summed E-state index contributed by atoms with van der Waals surface area (Å²) in [7, 11) is 0. The SMILES string of the molecule is CCN(CCCCCNCC(C)C)c1ccc(F)cc1. The summed E-state index contributed by atoms with van der Waals surface area (Å²) in [5.41, 5.74) is 1.12. The molecule has 1 rings (SSSR count). The van der Waals surface area contributed by atoms with Crippen LogP contribution in [0, 0.1) is 11.7 Å². The third-order valence-electron chi connectivity index (χ3n) is 3.41. The molecule has 3 heteroatoms. The zero-order chi connectivity index (χ0) is 14.8. The summed E-state index contributed by atoms with van der Waals surface area (Å²) in [6.45, 7) is 10.8. The van der Waals surface area contributed by atoms with E-state index in [-0.39, 0.29) is 5.82 Å². The minimum Gasteiger partial charge on any atom is -0.372 e. The van der Waals surface area contributed by atoms with E-state index in [2.05, 4.69) is 31.0 Å². The molecule has 1 aromatic carbocycles. The number of anilines is 1. The van der Waals surface area contributed by atoms with Crippen LogP contribution in [0.4, 0.5) is 10.1 Å². The van der Waals surface area contributed by atoms with Crippen LogP contribution >= 0.6 is 0 Å². The number of halogens is 1. The summed E-state index contributed by atoms with van der Waals surface area (Å²) in [5, 5.41) is 3.47. The van der Waals surface area contributed by atoms with Gasteiger partial charge in [-0.2, -0.15) is 0 Å². The molecule has 0 radical (unpaired) electrons. The lowest BCUT2D eigenvalue weighted by atomic mass is 10.2.